The highest BCUT2D eigenvalue weighted by Crippen LogP contribution is 2.27. The number of carbonyl (C=O) groups excluding carboxylic acids is 2. The molecule has 0 aromatic carbocycles. The first-order chi connectivity index (χ1) is 5.52. The van der Waals surface area contributed by atoms with Crippen molar-refractivity contribution in [3.63, 3.8) is 0 Å². The fraction of sp³-hybridized carbons (Fsp3) is 0.714. The van der Waals surface area contributed by atoms with E-state index in [1.807, 2.05) is 0 Å². The number of rotatable bonds is 1. The van der Waals surface area contributed by atoms with Crippen LogP contribution in [-0.4, -0.2) is 22.8 Å². The van der Waals surface area contributed by atoms with Crippen LogP contribution in [-0.2, 0) is 9.59 Å². The van der Waals surface area contributed by atoms with Gasteiger partial charge in [-0.3, -0.25) is 9.59 Å². The van der Waals surface area contributed by atoms with Crippen molar-refractivity contribution in [3.05, 3.63) is 0 Å². The Labute approximate surface area is 76.4 Å². The van der Waals surface area contributed by atoms with E-state index < -0.39 is 28.7 Å². The Balaban J connectivity index is 2.66. The molecule has 1 saturated carbocycles. The van der Waals surface area contributed by atoms with Gasteiger partial charge in [0.1, 0.15) is 4.83 Å². The SMILES string of the molecule is O=C1CC(C(F)F)CC(=O)C1Br. The molecule has 0 spiro atoms. The molecule has 0 unspecified atom stereocenters. The van der Waals surface area contributed by atoms with Crippen LogP contribution in [0.15, 0.2) is 0 Å². The smallest absolute Gasteiger partial charge is 0.242 e. The minimum atomic E-state index is -2.57. The standard InChI is InChI=1S/C7H7BrF2O2/c8-6-4(11)1-3(7(9)10)2-5(6)12/h3,6-7H,1-2H2. The van der Waals surface area contributed by atoms with Crippen molar-refractivity contribution in [2.45, 2.75) is 24.1 Å². The van der Waals surface area contributed by atoms with Gasteiger partial charge in [-0.2, -0.15) is 0 Å². The predicted octanol–water partition coefficient (Wildman–Crippen LogP) is 1.56. The van der Waals surface area contributed by atoms with Gasteiger partial charge >= 0.3 is 0 Å². The molecule has 0 radical (unpaired) electrons. The molecule has 0 aliphatic heterocycles. The highest BCUT2D eigenvalue weighted by molar-refractivity contribution is 9.10. The predicted molar refractivity (Wildman–Crippen MR) is 41.5 cm³/mol. The molecule has 12 heavy (non-hydrogen) atoms. The van der Waals surface area contributed by atoms with Crippen LogP contribution in [0, 0.1) is 5.92 Å². The lowest BCUT2D eigenvalue weighted by Gasteiger charge is -2.22. The molecule has 1 rings (SSSR count). The molecule has 0 N–H and O–H groups in total. The van der Waals surface area contributed by atoms with Gasteiger partial charge in [-0.05, 0) is 0 Å². The molecule has 2 nitrogen and oxygen atoms in total. The van der Waals surface area contributed by atoms with Crippen LogP contribution >= 0.6 is 15.9 Å². The Morgan fingerprint density at radius 3 is 2.00 bits per heavy atom. The summed E-state index contributed by atoms with van der Waals surface area (Å²) in [6, 6.07) is 0. The Morgan fingerprint density at radius 1 is 1.25 bits per heavy atom. The number of carbonyl (C=O) groups is 2. The molecule has 0 amide bonds. The molecule has 0 saturated heterocycles. The number of Topliss-reactive ketones (excluding diaryl/α,β-unsaturated/α-hetero) is 2. The van der Waals surface area contributed by atoms with E-state index in [2.05, 4.69) is 15.9 Å². The first-order valence-electron chi connectivity index (χ1n) is 3.50. The average Bonchev–Trinajstić information content (AvgIpc) is 1.99. The van der Waals surface area contributed by atoms with Gasteiger partial charge in [0.15, 0.2) is 11.6 Å². The molecule has 68 valence electrons. The molecule has 0 aromatic rings. The molecule has 0 aromatic heterocycles. The van der Waals surface area contributed by atoms with Crippen molar-refractivity contribution in [1.29, 1.82) is 0 Å². The fourth-order valence-corrected chi connectivity index (χ4v) is 1.53. The largest absolute Gasteiger partial charge is 0.298 e. The van der Waals surface area contributed by atoms with Gasteiger partial charge < -0.3 is 0 Å². The van der Waals surface area contributed by atoms with Crippen LogP contribution in [0.4, 0.5) is 8.78 Å². The summed E-state index contributed by atoms with van der Waals surface area (Å²) in [5.41, 5.74) is 0. The lowest BCUT2D eigenvalue weighted by atomic mass is 9.88. The van der Waals surface area contributed by atoms with Crippen molar-refractivity contribution < 1.29 is 18.4 Å². The van der Waals surface area contributed by atoms with E-state index in [1.165, 1.54) is 0 Å². The average molecular weight is 241 g/mol. The lowest BCUT2D eigenvalue weighted by molar-refractivity contribution is -0.132. The molecular weight excluding hydrogens is 234 g/mol. The molecule has 1 aliphatic carbocycles. The second-order valence-electron chi connectivity index (χ2n) is 2.80. The summed E-state index contributed by atoms with van der Waals surface area (Å²) in [5, 5.41) is 0. The molecule has 1 aliphatic rings. The summed E-state index contributed by atoms with van der Waals surface area (Å²) in [6.45, 7) is 0. The van der Waals surface area contributed by atoms with Crippen LogP contribution in [0.25, 0.3) is 0 Å². The molecule has 0 heterocycles. The fourth-order valence-electron chi connectivity index (χ4n) is 1.15. The van der Waals surface area contributed by atoms with Gasteiger partial charge in [0.05, 0.1) is 0 Å². The number of hydrogen-bond acceptors (Lipinski definition) is 2. The number of ketones is 2. The van der Waals surface area contributed by atoms with Crippen molar-refractivity contribution in [2.24, 2.45) is 5.92 Å². The minimum absolute atomic E-state index is 0.195. The van der Waals surface area contributed by atoms with E-state index in [-0.39, 0.29) is 12.8 Å². The monoisotopic (exact) mass is 240 g/mol. The molecule has 1 fully saturated rings. The first kappa shape index (κ1) is 9.77. The van der Waals surface area contributed by atoms with Crippen LogP contribution in [0.1, 0.15) is 12.8 Å². The van der Waals surface area contributed by atoms with Crippen LogP contribution in [0.3, 0.4) is 0 Å². The van der Waals surface area contributed by atoms with E-state index in [0.29, 0.717) is 0 Å². The molecule has 0 bridgehead atoms. The van der Waals surface area contributed by atoms with E-state index in [1.54, 1.807) is 0 Å². The van der Waals surface area contributed by atoms with E-state index in [9.17, 15) is 18.4 Å². The van der Waals surface area contributed by atoms with Gasteiger partial charge in [-0.1, -0.05) is 15.9 Å². The zero-order valence-electron chi connectivity index (χ0n) is 6.10. The quantitative estimate of drug-likeness (QED) is 0.515. The Hall–Kier alpha value is -0.320. The third-order valence-electron chi connectivity index (χ3n) is 1.85. The summed E-state index contributed by atoms with van der Waals surface area (Å²) in [6.07, 6.45) is -2.96. The Morgan fingerprint density at radius 2 is 1.67 bits per heavy atom. The number of hydrogen-bond donors (Lipinski definition) is 0. The van der Waals surface area contributed by atoms with Crippen molar-refractivity contribution in [2.75, 3.05) is 0 Å². The van der Waals surface area contributed by atoms with Gasteiger partial charge in [0.2, 0.25) is 6.43 Å². The zero-order chi connectivity index (χ0) is 9.30. The Kier molecular flexibility index (Phi) is 2.93. The number of halogens is 3. The van der Waals surface area contributed by atoms with Gasteiger partial charge in [0.25, 0.3) is 0 Å². The van der Waals surface area contributed by atoms with E-state index in [4.69, 9.17) is 0 Å². The maximum absolute atomic E-state index is 12.1. The maximum Gasteiger partial charge on any atom is 0.242 e. The van der Waals surface area contributed by atoms with Crippen molar-refractivity contribution in [1.82, 2.24) is 0 Å². The second-order valence-corrected chi connectivity index (χ2v) is 3.71. The summed E-state index contributed by atoms with van der Waals surface area (Å²) in [5.74, 6) is -1.94. The maximum atomic E-state index is 12.1. The zero-order valence-corrected chi connectivity index (χ0v) is 7.68. The third kappa shape index (κ3) is 1.88. The minimum Gasteiger partial charge on any atom is -0.298 e. The van der Waals surface area contributed by atoms with Crippen LogP contribution in [0.2, 0.25) is 0 Å². The summed E-state index contributed by atoms with van der Waals surface area (Å²) < 4.78 is 24.1. The normalized spacial score (nSPS) is 31.3. The van der Waals surface area contributed by atoms with Crippen molar-refractivity contribution in [3.8, 4) is 0 Å². The van der Waals surface area contributed by atoms with Gasteiger partial charge in [-0.15, -0.1) is 0 Å². The topological polar surface area (TPSA) is 34.1 Å². The Bertz CT molecular complexity index is 199. The first-order valence-corrected chi connectivity index (χ1v) is 4.41. The van der Waals surface area contributed by atoms with Gasteiger partial charge in [-0.25, -0.2) is 8.78 Å². The highest BCUT2D eigenvalue weighted by atomic mass is 79.9. The second kappa shape index (κ2) is 3.60. The summed E-state index contributed by atoms with van der Waals surface area (Å²) in [4.78, 5) is 21.0. The summed E-state index contributed by atoms with van der Waals surface area (Å²) in [7, 11) is 0. The van der Waals surface area contributed by atoms with E-state index in [0.717, 1.165) is 0 Å². The van der Waals surface area contributed by atoms with Gasteiger partial charge in [0, 0.05) is 18.8 Å². The summed E-state index contributed by atoms with van der Waals surface area (Å²) >= 11 is 2.85. The molecular formula is C7H7BrF2O2. The van der Waals surface area contributed by atoms with Crippen LogP contribution < -0.4 is 0 Å². The third-order valence-corrected chi connectivity index (χ3v) is 2.87. The molecule has 5 heteroatoms. The highest BCUT2D eigenvalue weighted by Gasteiger charge is 2.37. The van der Waals surface area contributed by atoms with E-state index >= 15 is 0 Å². The van der Waals surface area contributed by atoms with Crippen LogP contribution in [0.5, 0.6) is 0 Å². The van der Waals surface area contributed by atoms with Crippen molar-refractivity contribution >= 4 is 27.5 Å². The lowest BCUT2D eigenvalue weighted by Crippen LogP contribution is -2.36. The molecule has 0 atom stereocenters. The number of alkyl halides is 3.